The molecule has 0 saturated heterocycles. The number of hydrogen-bond donors (Lipinski definition) is 3. The Kier molecular flexibility index (Phi) is 11.1. The molecule has 2 aromatic carbocycles. The summed E-state index contributed by atoms with van der Waals surface area (Å²) in [6, 6.07) is 10.9. The Labute approximate surface area is 234 Å². The molecule has 10 nitrogen and oxygen atoms in total. The number of hydrogen-bond acceptors (Lipinski definition) is 7. The van der Waals surface area contributed by atoms with Crippen LogP contribution >= 0.6 is 0 Å². The van der Waals surface area contributed by atoms with E-state index < -0.39 is 17.8 Å². The van der Waals surface area contributed by atoms with Crippen LogP contribution in [-0.4, -0.2) is 48.7 Å². The zero-order chi connectivity index (χ0) is 29.2. The fraction of sp³-hybridized carbons (Fsp3) is 0.467. The number of aliphatic carboxylic acids is 1. The molecule has 1 aliphatic carbocycles. The van der Waals surface area contributed by atoms with Gasteiger partial charge in [0.15, 0.2) is 5.75 Å². The van der Waals surface area contributed by atoms with E-state index in [1.807, 2.05) is 0 Å². The summed E-state index contributed by atoms with van der Waals surface area (Å²) >= 11 is 0. The van der Waals surface area contributed by atoms with E-state index in [-0.39, 0.29) is 42.9 Å². The summed E-state index contributed by atoms with van der Waals surface area (Å²) in [5.41, 5.74) is 1.05. The van der Waals surface area contributed by atoms with Crippen LogP contribution in [-0.2, 0) is 23.9 Å². The normalized spacial score (nSPS) is 18.6. The third kappa shape index (κ3) is 8.81. The van der Waals surface area contributed by atoms with Crippen molar-refractivity contribution in [1.29, 1.82) is 0 Å². The number of amides is 2. The third-order valence-electron chi connectivity index (χ3n) is 7.04. The van der Waals surface area contributed by atoms with Gasteiger partial charge in [0, 0.05) is 18.2 Å². The van der Waals surface area contributed by atoms with Crippen LogP contribution in [0.4, 0.5) is 11.4 Å². The molecule has 0 aromatic heterocycles. The van der Waals surface area contributed by atoms with Crippen LogP contribution in [0.5, 0.6) is 11.5 Å². The lowest BCUT2D eigenvalue weighted by atomic mass is 9.72. The molecule has 0 spiro atoms. The van der Waals surface area contributed by atoms with E-state index in [2.05, 4.69) is 31.4 Å². The van der Waals surface area contributed by atoms with Gasteiger partial charge in [-0.25, -0.2) is 4.79 Å². The van der Waals surface area contributed by atoms with Crippen LogP contribution in [0, 0.1) is 17.8 Å². The van der Waals surface area contributed by atoms with Crippen LogP contribution in [0.2, 0.25) is 0 Å². The average Bonchev–Trinajstić information content (AvgIpc) is 2.92. The lowest BCUT2D eigenvalue weighted by Crippen LogP contribution is -2.38. The standard InChI is InChI=1S/C30H38N2O8/c1-18(2)29-19(3)6-5-7-24(29)39-17-27(34)31-21-10-13-23(32-26(33)14-15-28(35)36)25(16-21)40-22-11-8-20(9-12-22)30(37)38-4/h8-13,16,18-19,24,29H,5-7,14-15,17H2,1-4H3,(H,31,34)(H,32,33)(H,35,36). The summed E-state index contributed by atoms with van der Waals surface area (Å²) in [7, 11) is 1.29. The Morgan fingerprint density at radius 3 is 2.35 bits per heavy atom. The van der Waals surface area contributed by atoms with Gasteiger partial charge in [-0.2, -0.15) is 0 Å². The van der Waals surface area contributed by atoms with Crippen molar-refractivity contribution >= 4 is 35.1 Å². The molecule has 0 heterocycles. The Hall–Kier alpha value is -3.92. The lowest BCUT2D eigenvalue weighted by molar-refractivity contribution is -0.138. The molecule has 0 aliphatic heterocycles. The molecular weight excluding hydrogens is 516 g/mol. The highest BCUT2D eigenvalue weighted by molar-refractivity contribution is 5.96. The molecule has 0 radical (unpaired) electrons. The number of carbonyl (C=O) groups excluding carboxylic acids is 3. The first-order chi connectivity index (χ1) is 19.1. The number of methoxy groups -OCH3 is 1. The van der Waals surface area contributed by atoms with Gasteiger partial charge in [-0.3, -0.25) is 14.4 Å². The van der Waals surface area contributed by atoms with Crippen LogP contribution < -0.4 is 15.4 Å². The largest absolute Gasteiger partial charge is 0.481 e. The van der Waals surface area contributed by atoms with Crippen molar-refractivity contribution in [3.05, 3.63) is 48.0 Å². The molecule has 3 N–H and O–H groups in total. The molecule has 3 rings (SSSR count). The van der Waals surface area contributed by atoms with Crippen molar-refractivity contribution < 1.29 is 38.5 Å². The molecule has 2 amide bonds. The smallest absolute Gasteiger partial charge is 0.337 e. The first-order valence-corrected chi connectivity index (χ1v) is 13.5. The van der Waals surface area contributed by atoms with E-state index in [0.717, 1.165) is 12.8 Å². The molecule has 1 aliphatic rings. The first kappa shape index (κ1) is 30.6. The number of carbonyl (C=O) groups is 4. The van der Waals surface area contributed by atoms with E-state index in [1.165, 1.54) is 25.7 Å². The van der Waals surface area contributed by atoms with Crippen LogP contribution in [0.15, 0.2) is 42.5 Å². The molecule has 40 heavy (non-hydrogen) atoms. The van der Waals surface area contributed by atoms with Crippen molar-refractivity contribution in [3.8, 4) is 11.5 Å². The summed E-state index contributed by atoms with van der Waals surface area (Å²) in [6.45, 7) is 6.54. The van der Waals surface area contributed by atoms with Gasteiger partial charge in [0.05, 0.1) is 30.9 Å². The predicted molar refractivity (Wildman–Crippen MR) is 150 cm³/mol. The van der Waals surface area contributed by atoms with E-state index in [0.29, 0.717) is 34.8 Å². The van der Waals surface area contributed by atoms with Crippen molar-refractivity contribution in [3.63, 3.8) is 0 Å². The Balaban J connectivity index is 1.73. The maximum absolute atomic E-state index is 12.8. The number of rotatable bonds is 12. The molecule has 2 aromatic rings. The summed E-state index contributed by atoms with van der Waals surface area (Å²) < 4.78 is 16.7. The summed E-state index contributed by atoms with van der Waals surface area (Å²) in [6.07, 6.45) is 2.69. The summed E-state index contributed by atoms with van der Waals surface area (Å²) in [4.78, 5) is 47.7. The highest BCUT2D eigenvalue weighted by Gasteiger charge is 2.33. The average molecular weight is 555 g/mol. The SMILES string of the molecule is COC(=O)c1ccc(Oc2cc(NC(=O)COC3CCCC(C)C3C(C)C)ccc2NC(=O)CCC(=O)O)cc1. The number of nitrogens with one attached hydrogen (secondary N) is 2. The quantitative estimate of drug-likeness (QED) is 0.293. The highest BCUT2D eigenvalue weighted by Crippen LogP contribution is 2.37. The zero-order valence-corrected chi connectivity index (χ0v) is 23.4. The van der Waals surface area contributed by atoms with E-state index in [9.17, 15) is 19.2 Å². The van der Waals surface area contributed by atoms with Crippen LogP contribution in [0.3, 0.4) is 0 Å². The molecule has 0 bridgehead atoms. The van der Waals surface area contributed by atoms with Gasteiger partial charge >= 0.3 is 11.9 Å². The predicted octanol–water partition coefficient (Wildman–Crippen LogP) is 5.48. The monoisotopic (exact) mass is 554 g/mol. The molecule has 216 valence electrons. The zero-order valence-electron chi connectivity index (χ0n) is 23.4. The Bertz CT molecular complexity index is 1190. The molecule has 1 fully saturated rings. The van der Waals surface area contributed by atoms with Gasteiger partial charge in [0.25, 0.3) is 0 Å². The minimum absolute atomic E-state index is 0.0322. The lowest BCUT2D eigenvalue weighted by Gasteiger charge is -2.38. The number of esters is 1. The van der Waals surface area contributed by atoms with Crippen molar-refractivity contribution in [1.82, 2.24) is 0 Å². The fourth-order valence-corrected chi connectivity index (χ4v) is 5.18. The number of carboxylic acid groups (broad SMARTS) is 1. The maximum Gasteiger partial charge on any atom is 0.337 e. The Morgan fingerprint density at radius 1 is 0.975 bits per heavy atom. The molecule has 10 heteroatoms. The summed E-state index contributed by atoms with van der Waals surface area (Å²) in [5, 5.41) is 14.3. The third-order valence-corrected chi connectivity index (χ3v) is 7.04. The van der Waals surface area contributed by atoms with E-state index in [4.69, 9.17) is 19.3 Å². The first-order valence-electron chi connectivity index (χ1n) is 13.5. The maximum atomic E-state index is 12.8. The van der Waals surface area contributed by atoms with Gasteiger partial charge in [-0.1, -0.05) is 33.6 Å². The van der Waals surface area contributed by atoms with Crippen LogP contribution in [0.1, 0.15) is 63.2 Å². The molecule has 3 atom stereocenters. The topological polar surface area (TPSA) is 140 Å². The highest BCUT2D eigenvalue weighted by atomic mass is 16.5. The van der Waals surface area contributed by atoms with Gasteiger partial charge in [0.2, 0.25) is 11.8 Å². The van der Waals surface area contributed by atoms with Crippen LogP contribution in [0.25, 0.3) is 0 Å². The number of anilines is 2. The molecule has 1 saturated carbocycles. The second kappa shape index (κ2) is 14.5. The molecular formula is C30H38N2O8. The van der Waals surface area contributed by atoms with E-state index >= 15 is 0 Å². The number of benzene rings is 2. The van der Waals surface area contributed by atoms with Gasteiger partial charge in [0.1, 0.15) is 12.4 Å². The van der Waals surface area contributed by atoms with E-state index in [1.54, 1.807) is 30.3 Å². The minimum atomic E-state index is -1.08. The van der Waals surface area contributed by atoms with Gasteiger partial charge in [-0.05, 0) is 60.6 Å². The second-order valence-electron chi connectivity index (χ2n) is 10.4. The second-order valence-corrected chi connectivity index (χ2v) is 10.4. The van der Waals surface area contributed by atoms with Crippen molar-refractivity contribution in [2.45, 2.75) is 59.0 Å². The van der Waals surface area contributed by atoms with Crippen molar-refractivity contribution in [2.75, 3.05) is 24.4 Å². The van der Waals surface area contributed by atoms with Gasteiger partial charge < -0.3 is 30.0 Å². The minimum Gasteiger partial charge on any atom is -0.481 e. The number of ether oxygens (including phenoxy) is 3. The number of carboxylic acids is 1. The fourth-order valence-electron chi connectivity index (χ4n) is 5.18. The summed E-state index contributed by atoms with van der Waals surface area (Å²) in [5.74, 6) is -0.402. The molecule has 3 unspecified atom stereocenters. The van der Waals surface area contributed by atoms with Gasteiger partial charge in [-0.15, -0.1) is 0 Å². The van der Waals surface area contributed by atoms with Crippen molar-refractivity contribution in [2.24, 2.45) is 17.8 Å². The Morgan fingerprint density at radius 2 is 1.70 bits per heavy atom.